The van der Waals surface area contributed by atoms with Crippen molar-refractivity contribution in [1.29, 1.82) is 0 Å². The Morgan fingerprint density at radius 3 is 2.34 bits per heavy atom. The van der Waals surface area contributed by atoms with Gasteiger partial charge >= 0.3 is 0 Å². The largest absolute Gasteiger partial charge is 0.325 e. The lowest BCUT2D eigenvalue weighted by molar-refractivity contribution is -0.114. The molecule has 9 heteroatoms. The first-order valence-corrected chi connectivity index (χ1v) is 10.4. The number of sulfonamides is 1. The molecule has 0 spiro atoms. The second-order valence-corrected chi connectivity index (χ2v) is 8.35. The molecule has 0 fully saturated rings. The van der Waals surface area contributed by atoms with Crippen LogP contribution in [0.1, 0.15) is 12.6 Å². The molecular formula is C20H17ClFN3O3S. The van der Waals surface area contributed by atoms with Crippen LogP contribution in [0.3, 0.4) is 0 Å². The fourth-order valence-electron chi connectivity index (χ4n) is 2.70. The summed E-state index contributed by atoms with van der Waals surface area (Å²) < 4.78 is 40.8. The zero-order valence-electron chi connectivity index (χ0n) is 15.5. The van der Waals surface area contributed by atoms with Crippen molar-refractivity contribution in [1.82, 2.24) is 4.98 Å². The second kappa shape index (κ2) is 8.18. The maximum atomic E-state index is 13.1. The van der Waals surface area contributed by atoms with Crippen molar-refractivity contribution >= 4 is 39.0 Å². The molecule has 1 aromatic heterocycles. The molecule has 2 N–H and O–H groups in total. The molecule has 0 atom stereocenters. The Morgan fingerprint density at radius 2 is 1.76 bits per heavy atom. The SMILES string of the molecule is CC(=O)Nc1ccc(S(=O)(=O)Nc2ccc(-c3ccc(F)cc3)c(C)n2)cc1Cl. The fraction of sp³-hybridized carbons (Fsp3) is 0.100. The van der Waals surface area contributed by atoms with E-state index < -0.39 is 10.0 Å². The van der Waals surface area contributed by atoms with E-state index in [-0.39, 0.29) is 27.5 Å². The molecule has 29 heavy (non-hydrogen) atoms. The van der Waals surface area contributed by atoms with Gasteiger partial charge in [-0.3, -0.25) is 9.52 Å². The average Bonchev–Trinajstić information content (AvgIpc) is 2.64. The number of rotatable bonds is 5. The van der Waals surface area contributed by atoms with Crippen LogP contribution in [-0.2, 0) is 14.8 Å². The molecule has 3 rings (SSSR count). The van der Waals surface area contributed by atoms with E-state index >= 15 is 0 Å². The third kappa shape index (κ3) is 4.90. The van der Waals surface area contributed by atoms with E-state index in [0.717, 1.165) is 11.1 Å². The van der Waals surface area contributed by atoms with E-state index in [2.05, 4.69) is 15.0 Å². The van der Waals surface area contributed by atoms with Crippen molar-refractivity contribution in [2.75, 3.05) is 10.0 Å². The lowest BCUT2D eigenvalue weighted by Crippen LogP contribution is -2.15. The Bertz CT molecular complexity index is 1180. The predicted molar refractivity (Wildman–Crippen MR) is 111 cm³/mol. The van der Waals surface area contributed by atoms with Gasteiger partial charge in [0.25, 0.3) is 10.0 Å². The van der Waals surface area contributed by atoms with Gasteiger partial charge in [0.15, 0.2) is 0 Å². The molecule has 0 saturated carbocycles. The molecule has 0 aliphatic heterocycles. The summed E-state index contributed by atoms with van der Waals surface area (Å²) >= 11 is 6.06. The minimum absolute atomic E-state index is 0.0707. The first-order valence-electron chi connectivity index (χ1n) is 8.49. The molecule has 0 bridgehead atoms. The van der Waals surface area contributed by atoms with Crippen molar-refractivity contribution in [2.45, 2.75) is 18.7 Å². The summed E-state index contributed by atoms with van der Waals surface area (Å²) in [7, 11) is -3.94. The topological polar surface area (TPSA) is 88.2 Å². The summed E-state index contributed by atoms with van der Waals surface area (Å²) in [5.41, 5.74) is 2.42. The lowest BCUT2D eigenvalue weighted by atomic mass is 10.0. The lowest BCUT2D eigenvalue weighted by Gasteiger charge is -2.12. The first kappa shape index (κ1) is 20.8. The highest BCUT2D eigenvalue weighted by Crippen LogP contribution is 2.28. The van der Waals surface area contributed by atoms with Crippen LogP contribution in [0.25, 0.3) is 11.1 Å². The Hall–Kier alpha value is -2.97. The molecule has 0 unspecified atom stereocenters. The van der Waals surface area contributed by atoms with Crippen molar-refractivity contribution < 1.29 is 17.6 Å². The number of aryl methyl sites for hydroxylation is 1. The van der Waals surface area contributed by atoms with Crippen LogP contribution in [-0.4, -0.2) is 19.3 Å². The highest BCUT2D eigenvalue weighted by Gasteiger charge is 2.17. The minimum atomic E-state index is -3.94. The first-order chi connectivity index (χ1) is 13.7. The second-order valence-electron chi connectivity index (χ2n) is 6.26. The fourth-order valence-corrected chi connectivity index (χ4v) is 4.02. The van der Waals surface area contributed by atoms with E-state index in [1.807, 2.05) is 0 Å². The van der Waals surface area contributed by atoms with E-state index in [1.54, 1.807) is 25.1 Å². The normalized spacial score (nSPS) is 11.2. The van der Waals surface area contributed by atoms with Crippen LogP contribution in [0, 0.1) is 12.7 Å². The van der Waals surface area contributed by atoms with Crippen LogP contribution in [0.4, 0.5) is 15.9 Å². The number of hydrogen-bond donors (Lipinski definition) is 2. The highest BCUT2D eigenvalue weighted by molar-refractivity contribution is 7.92. The van der Waals surface area contributed by atoms with Gasteiger partial charge in [-0.1, -0.05) is 23.7 Å². The van der Waals surface area contributed by atoms with E-state index in [1.165, 1.54) is 43.3 Å². The van der Waals surface area contributed by atoms with Gasteiger partial charge in [-0.2, -0.15) is 0 Å². The monoisotopic (exact) mass is 433 g/mol. The summed E-state index contributed by atoms with van der Waals surface area (Å²) in [6.07, 6.45) is 0. The number of anilines is 2. The standard InChI is InChI=1S/C20H17ClFN3O3S/c1-12-17(14-3-5-15(22)6-4-14)8-10-20(23-12)25-29(27,28)16-7-9-19(18(21)11-16)24-13(2)26/h3-11H,1-2H3,(H,23,25)(H,24,26). The van der Waals surface area contributed by atoms with Gasteiger partial charge in [-0.15, -0.1) is 0 Å². The quantitative estimate of drug-likeness (QED) is 0.615. The van der Waals surface area contributed by atoms with Gasteiger partial charge in [-0.25, -0.2) is 17.8 Å². The molecular weight excluding hydrogens is 417 g/mol. The van der Waals surface area contributed by atoms with Gasteiger partial charge < -0.3 is 5.32 Å². The van der Waals surface area contributed by atoms with Crippen LogP contribution in [0.15, 0.2) is 59.5 Å². The van der Waals surface area contributed by atoms with Crippen molar-refractivity contribution in [2.24, 2.45) is 0 Å². The Balaban J connectivity index is 1.85. The van der Waals surface area contributed by atoms with Crippen molar-refractivity contribution in [3.05, 3.63) is 71.1 Å². The summed E-state index contributed by atoms with van der Waals surface area (Å²) in [5.74, 6) is -0.524. The summed E-state index contributed by atoms with van der Waals surface area (Å²) in [6.45, 7) is 3.06. The maximum absolute atomic E-state index is 13.1. The Labute approximate surface area is 172 Å². The Kier molecular flexibility index (Phi) is 5.86. The third-order valence-electron chi connectivity index (χ3n) is 4.04. The maximum Gasteiger partial charge on any atom is 0.263 e. The minimum Gasteiger partial charge on any atom is -0.325 e. The number of nitrogens with zero attached hydrogens (tertiary/aromatic N) is 1. The van der Waals surface area contributed by atoms with E-state index in [4.69, 9.17) is 11.6 Å². The highest BCUT2D eigenvalue weighted by atomic mass is 35.5. The van der Waals surface area contributed by atoms with Crippen molar-refractivity contribution in [3.63, 3.8) is 0 Å². The molecule has 150 valence electrons. The number of nitrogens with one attached hydrogen (secondary N) is 2. The van der Waals surface area contributed by atoms with Gasteiger partial charge in [0.2, 0.25) is 5.91 Å². The zero-order valence-corrected chi connectivity index (χ0v) is 17.1. The van der Waals surface area contributed by atoms with Gasteiger partial charge in [0, 0.05) is 18.2 Å². The third-order valence-corrected chi connectivity index (χ3v) is 5.71. The predicted octanol–water partition coefficient (Wildman–Crippen LogP) is 4.61. The van der Waals surface area contributed by atoms with Crippen LogP contribution in [0.2, 0.25) is 5.02 Å². The number of hydrogen-bond acceptors (Lipinski definition) is 4. The number of pyridine rings is 1. The van der Waals surface area contributed by atoms with E-state index in [0.29, 0.717) is 11.4 Å². The molecule has 0 aliphatic rings. The zero-order chi connectivity index (χ0) is 21.2. The van der Waals surface area contributed by atoms with Gasteiger partial charge in [0.1, 0.15) is 11.6 Å². The van der Waals surface area contributed by atoms with Crippen LogP contribution < -0.4 is 10.0 Å². The molecule has 1 heterocycles. The van der Waals surface area contributed by atoms with Crippen LogP contribution in [0.5, 0.6) is 0 Å². The molecule has 0 saturated heterocycles. The number of carbonyl (C=O) groups is 1. The smallest absolute Gasteiger partial charge is 0.263 e. The number of aromatic nitrogens is 1. The van der Waals surface area contributed by atoms with Crippen molar-refractivity contribution in [3.8, 4) is 11.1 Å². The molecule has 0 aliphatic carbocycles. The van der Waals surface area contributed by atoms with Gasteiger partial charge in [0.05, 0.1) is 15.6 Å². The summed E-state index contributed by atoms with van der Waals surface area (Å²) in [5, 5.41) is 2.61. The molecule has 6 nitrogen and oxygen atoms in total. The number of carbonyl (C=O) groups excluding carboxylic acids is 1. The molecule has 3 aromatic rings. The summed E-state index contributed by atoms with van der Waals surface area (Å²) in [4.78, 5) is 15.4. The number of benzene rings is 2. The summed E-state index contributed by atoms with van der Waals surface area (Å²) in [6, 6.07) is 13.2. The number of amides is 1. The number of halogens is 2. The molecule has 1 amide bonds. The van der Waals surface area contributed by atoms with E-state index in [9.17, 15) is 17.6 Å². The molecule has 0 radical (unpaired) electrons. The Morgan fingerprint density at radius 1 is 1.07 bits per heavy atom. The van der Waals surface area contributed by atoms with Gasteiger partial charge in [-0.05, 0) is 55.0 Å². The average molecular weight is 434 g/mol. The molecule has 2 aromatic carbocycles. The van der Waals surface area contributed by atoms with Crippen LogP contribution >= 0.6 is 11.6 Å².